The molecule has 144 valence electrons. The van der Waals surface area contributed by atoms with Gasteiger partial charge in [-0.05, 0) is 34.9 Å². The van der Waals surface area contributed by atoms with E-state index in [-0.39, 0.29) is 17.6 Å². The number of amides is 1. The third kappa shape index (κ3) is 4.55. The molecule has 1 N–H and O–H groups in total. The quantitative estimate of drug-likeness (QED) is 0.529. The highest BCUT2D eigenvalue weighted by atomic mass is 16.2. The lowest BCUT2D eigenvalue weighted by Crippen LogP contribution is -2.27. The van der Waals surface area contributed by atoms with Gasteiger partial charge >= 0.3 is 0 Å². The van der Waals surface area contributed by atoms with E-state index in [1.54, 1.807) is 0 Å². The van der Waals surface area contributed by atoms with Gasteiger partial charge in [-0.1, -0.05) is 78.9 Å². The van der Waals surface area contributed by atoms with E-state index in [2.05, 4.69) is 45.0 Å². The fourth-order valence-electron chi connectivity index (χ4n) is 3.28. The van der Waals surface area contributed by atoms with Crippen molar-refractivity contribution in [1.29, 1.82) is 0 Å². The van der Waals surface area contributed by atoms with Crippen LogP contribution in [0.3, 0.4) is 0 Å². The third-order valence-electron chi connectivity index (χ3n) is 4.73. The smallest absolute Gasteiger partial charge is 0.292 e. The number of aromatic nitrogens is 4. The molecule has 0 saturated carbocycles. The monoisotopic (exact) mass is 383 g/mol. The molecule has 6 heteroatoms. The third-order valence-corrected chi connectivity index (χ3v) is 4.73. The van der Waals surface area contributed by atoms with Crippen LogP contribution in [0, 0.1) is 0 Å². The van der Waals surface area contributed by atoms with Crippen molar-refractivity contribution in [2.24, 2.45) is 0 Å². The number of hydrogen-bond acceptors (Lipinski definition) is 4. The number of hydrogen-bond donors (Lipinski definition) is 1. The zero-order chi connectivity index (χ0) is 19.9. The number of nitrogens with zero attached hydrogens (tertiary/aromatic N) is 4. The topological polar surface area (TPSA) is 72.7 Å². The first-order valence-electron chi connectivity index (χ1n) is 9.55. The Bertz CT molecular complexity index is 1010. The molecule has 3 aromatic carbocycles. The average molecular weight is 383 g/mol. The molecule has 0 saturated heterocycles. The molecule has 0 atom stereocenters. The van der Waals surface area contributed by atoms with E-state index < -0.39 is 0 Å². The van der Waals surface area contributed by atoms with E-state index in [0.29, 0.717) is 6.54 Å². The highest BCUT2D eigenvalue weighted by Crippen LogP contribution is 2.27. The summed E-state index contributed by atoms with van der Waals surface area (Å²) in [4.78, 5) is 13.8. The van der Waals surface area contributed by atoms with Crippen molar-refractivity contribution in [3.63, 3.8) is 0 Å². The van der Waals surface area contributed by atoms with E-state index in [0.717, 1.165) is 12.1 Å². The lowest BCUT2D eigenvalue weighted by atomic mass is 9.88. The molecular formula is C23H21N5O. The van der Waals surface area contributed by atoms with Crippen LogP contribution in [0.2, 0.25) is 0 Å². The zero-order valence-electron chi connectivity index (χ0n) is 15.8. The molecule has 4 aromatic rings. The first kappa shape index (κ1) is 18.6. The van der Waals surface area contributed by atoms with Gasteiger partial charge in [-0.25, -0.2) is 0 Å². The molecule has 0 spiro atoms. The van der Waals surface area contributed by atoms with Crippen molar-refractivity contribution in [2.75, 3.05) is 6.54 Å². The maximum Gasteiger partial charge on any atom is 0.292 e. The van der Waals surface area contributed by atoms with Crippen molar-refractivity contribution in [3.05, 3.63) is 108 Å². The molecule has 29 heavy (non-hydrogen) atoms. The summed E-state index contributed by atoms with van der Waals surface area (Å²) >= 11 is 0. The first-order chi connectivity index (χ1) is 14.3. The SMILES string of the molecule is O=C(NCCC(c1ccccc1)c1ccccc1)c1nnn(-c2ccccc2)n1. The van der Waals surface area contributed by atoms with Gasteiger partial charge < -0.3 is 5.32 Å². The van der Waals surface area contributed by atoms with Crippen LogP contribution in [-0.4, -0.2) is 32.7 Å². The van der Waals surface area contributed by atoms with Crippen molar-refractivity contribution in [1.82, 2.24) is 25.5 Å². The van der Waals surface area contributed by atoms with E-state index in [1.807, 2.05) is 66.7 Å². The summed E-state index contributed by atoms with van der Waals surface area (Å²) in [6.07, 6.45) is 0.770. The minimum Gasteiger partial charge on any atom is -0.349 e. The highest BCUT2D eigenvalue weighted by Gasteiger charge is 2.16. The number of rotatable bonds is 7. The summed E-state index contributed by atoms with van der Waals surface area (Å²) < 4.78 is 0. The fraction of sp³-hybridized carbons (Fsp3) is 0.130. The van der Waals surface area contributed by atoms with Crippen molar-refractivity contribution >= 4 is 5.91 Å². The van der Waals surface area contributed by atoms with E-state index in [4.69, 9.17) is 0 Å². The molecule has 1 aromatic heterocycles. The number of benzene rings is 3. The van der Waals surface area contributed by atoms with Crippen LogP contribution < -0.4 is 5.32 Å². The van der Waals surface area contributed by atoms with Gasteiger partial charge in [0.05, 0.1) is 5.69 Å². The number of carbonyl (C=O) groups excluding carboxylic acids is 1. The molecule has 0 aliphatic rings. The Balaban J connectivity index is 1.41. The van der Waals surface area contributed by atoms with E-state index >= 15 is 0 Å². The minimum atomic E-state index is -0.327. The second-order valence-corrected chi connectivity index (χ2v) is 6.66. The van der Waals surface area contributed by atoms with E-state index in [9.17, 15) is 4.79 Å². The fourth-order valence-corrected chi connectivity index (χ4v) is 3.28. The summed E-state index contributed by atoms with van der Waals surface area (Å²) in [6, 6.07) is 30.0. The molecule has 0 radical (unpaired) electrons. The molecule has 0 fully saturated rings. The van der Waals surface area contributed by atoms with Gasteiger partial charge in [-0.2, -0.15) is 0 Å². The molecular weight excluding hydrogens is 362 g/mol. The summed E-state index contributed by atoms with van der Waals surface area (Å²) in [5, 5.41) is 14.9. The molecule has 0 aliphatic carbocycles. The van der Waals surface area contributed by atoms with Crippen LogP contribution in [-0.2, 0) is 0 Å². The Morgan fingerprint density at radius 3 is 1.97 bits per heavy atom. The van der Waals surface area contributed by atoms with Gasteiger partial charge in [0.2, 0.25) is 0 Å². The lowest BCUT2D eigenvalue weighted by Gasteiger charge is -2.18. The van der Waals surface area contributed by atoms with Gasteiger partial charge in [0.15, 0.2) is 0 Å². The lowest BCUT2D eigenvalue weighted by molar-refractivity contribution is 0.0942. The molecule has 6 nitrogen and oxygen atoms in total. The molecule has 0 bridgehead atoms. The minimum absolute atomic E-state index is 0.0600. The number of nitrogens with one attached hydrogen (secondary N) is 1. The first-order valence-corrected chi connectivity index (χ1v) is 9.55. The van der Waals surface area contributed by atoms with Crippen LogP contribution in [0.25, 0.3) is 5.69 Å². The van der Waals surface area contributed by atoms with E-state index in [1.165, 1.54) is 15.9 Å². The second kappa shape index (κ2) is 8.93. The molecule has 1 heterocycles. The van der Waals surface area contributed by atoms with Crippen LogP contribution in [0.4, 0.5) is 0 Å². The zero-order valence-corrected chi connectivity index (χ0v) is 15.8. The van der Waals surface area contributed by atoms with Crippen molar-refractivity contribution < 1.29 is 4.79 Å². The van der Waals surface area contributed by atoms with Gasteiger partial charge in [-0.15, -0.1) is 15.0 Å². The Morgan fingerprint density at radius 2 is 1.38 bits per heavy atom. The highest BCUT2D eigenvalue weighted by molar-refractivity contribution is 5.90. The summed E-state index contributed by atoms with van der Waals surface area (Å²) in [7, 11) is 0. The predicted octanol–water partition coefficient (Wildman–Crippen LogP) is 3.61. The Hall–Kier alpha value is -3.80. The molecule has 0 aliphatic heterocycles. The Labute approximate surface area is 169 Å². The maximum atomic E-state index is 12.5. The maximum absolute atomic E-state index is 12.5. The predicted molar refractivity (Wildman–Crippen MR) is 111 cm³/mol. The second-order valence-electron chi connectivity index (χ2n) is 6.66. The van der Waals surface area contributed by atoms with Crippen LogP contribution >= 0.6 is 0 Å². The Kier molecular flexibility index (Phi) is 5.71. The Morgan fingerprint density at radius 1 is 0.828 bits per heavy atom. The molecule has 4 rings (SSSR count). The number of carbonyl (C=O) groups is 1. The van der Waals surface area contributed by atoms with Crippen LogP contribution in [0.5, 0.6) is 0 Å². The van der Waals surface area contributed by atoms with Crippen molar-refractivity contribution in [3.8, 4) is 5.69 Å². The largest absolute Gasteiger partial charge is 0.349 e. The standard InChI is InChI=1S/C23H21N5O/c29-23(22-25-27-28(26-22)20-14-8-3-9-15-20)24-17-16-21(18-10-4-1-5-11-18)19-12-6-2-7-13-19/h1-15,21H,16-17H2,(H,24,29). The summed E-state index contributed by atoms with van der Waals surface area (Å²) in [6.45, 7) is 0.507. The average Bonchev–Trinajstić information content (AvgIpc) is 3.29. The van der Waals surface area contributed by atoms with Gasteiger partial charge in [-0.3, -0.25) is 4.79 Å². The number of para-hydroxylation sites is 1. The van der Waals surface area contributed by atoms with Crippen LogP contribution in [0.1, 0.15) is 34.1 Å². The summed E-state index contributed by atoms with van der Waals surface area (Å²) in [5.41, 5.74) is 3.20. The number of tetrazole rings is 1. The van der Waals surface area contributed by atoms with Crippen LogP contribution in [0.15, 0.2) is 91.0 Å². The summed E-state index contributed by atoms with van der Waals surface area (Å²) in [5.74, 6) is -0.0671. The van der Waals surface area contributed by atoms with Gasteiger partial charge in [0.1, 0.15) is 0 Å². The van der Waals surface area contributed by atoms with Gasteiger partial charge in [0, 0.05) is 12.5 Å². The normalized spacial score (nSPS) is 10.8. The van der Waals surface area contributed by atoms with Gasteiger partial charge in [0.25, 0.3) is 11.7 Å². The van der Waals surface area contributed by atoms with Crippen molar-refractivity contribution in [2.45, 2.75) is 12.3 Å². The molecule has 1 amide bonds. The molecule has 0 unspecified atom stereocenters.